The maximum atomic E-state index is 12.4. The molecule has 1 aliphatic heterocycles. The Balaban J connectivity index is 2.13. The lowest BCUT2D eigenvalue weighted by atomic mass is 9.89. The number of hydrogen-bond donors (Lipinski definition) is 1. The molecule has 18 heavy (non-hydrogen) atoms. The smallest absolute Gasteiger partial charge is 0.267 e. The van der Waals surface area contributed by atoms with Crippen LogP contribution in [-0.2, 0) is 0 Å². The molecular weight excluding hydrogens is 248 g/mol. The van der Waals surface area contributed by atoms with Crippen LogP contribution in [0.15, 0.2) is 0 Å². The number of nitrogens with zero attached hydrogens (tertiary/aromatic N) is 3. The van der Waals surface area contributed by atoms with Crippen LogP contribution >= 0.6 is 11.5 Å². The fourth-order valence-corrected chi connectivity index (χ4v) is 3.17. The number of hydrogen-bond acceptors (Lipinski definition) is 5. The van der Waals surface area contributed by atoms with Crippen LogP contribution in [0, 0.1) is 12.8 Å². The van der Waals surface area contributed by atoms with Crippen molar-refractivity contribution < 1.29 is 4.79 Å². The second kappa shape index (κ2) is 5.75. The minimum atomic E-state index is 0.0486. The first kappa shape index (κ1) is 13.4. The fourth-order valence-electron chi connectivity index (χ4n) is 2.55. The van der Waals surface area contributed by atoms with E-state index in [9.17, 15) is 4.79 Å². The van der Waals surface area contributed by atoms with Crippen molar-refractivity contribution in [2.75, 3.05) is 13.1 Å². The largest absolute Gasteiger partial charge is 0.334 e. The van der Waals surface area contributed by atoms with E-state index >= 15 is 0 Å². The maximum Gasteiger partial charge on any atom is 0.267 e. The molecule has 1 fully saturated rings. The molecule has 2 heterocycles. The normalized spacial score (nSPS) is 24.3. The quantitative estimate of drug-likeness (QED) is 0.900. The van der Waals surface area contributed by atoms with E-state index in [0.717, 1.165) is 25.1 Å². The van der Waals surface area contributed by atoms with E-state index in [-0.39, 0.29) is 11.9 Å². The van der Waals surface area contributed by atoms with E-state index in [0.29, 0.717) is 17.3 Å². The van der Waals surface area contributed by atoms with Crippen molar-refractivity contribution in [3.8, 4) is 0 Å². The molecule has 0 saturated carbocycles. The van der Waals surface area contributed by atoms with Crippen LogP contribution in [-0.4, -0.2) is 39.5 Å². The van der Waals surface area contributed by atoms with Crippen molar-refractivity contribution in [3.63, 3.8) is 0 Å². The SMILES string of the molecule is CCC1CCN(C(=O)c2snnc2C)C(CN)C1. The van der Waals surface area contributed by atoms with Gasteiger partial charge in [-0.25, -0.2) is 0 Å². The third kappa shape index (κ3) is 2.54. The summed E-state index contributed by atoms with van der Waals surface area (Å²) in [6.45, 7) is 5.37. The van der Waals surface area contributed by atoms with Crippen molar-refractivity contribution in [1.29, 1.82) is 0 Å². The van der Waals surface area contributed by atoms with E-state index < -0.39 is 0 Å². The second-order valence-corrected chi connectivity index (χ2v) is 5.63. The van der Waals surface area contributed by atoms with Crippen LogP contribution in [0.4, 0.5) is 0 Å². The first-order chi connectivity index (χ1) is 8.67. The Morgan fingerprint density at radius 2 is 2.39 bits per heavy atom. The highest BCUT2D eigenvalue weighted by Gasteiger charge is 2.32. The third-order valence-corrected chi connectivity index (χ3v) is 4.60. The number of carbonyl (C=O) groups is 1. The first-order valence-electron chi connectivity index (χ1n) is 6.47. The molecule has 1 aromatic heterocycles. The van der Waals surface area contributed by atoms with Crippen LogP contribution in [0.2, 0.25) is 0 Å². The number of nitrogens with two attached hydrogens (primary N) is 1. The van der Waals surface area contributed by atoms with Gasteiger partial charge in [-0.15, -0.1) is 5.10 Å². The van der Waals surface area contributed by atoms with Crippen LogP contribution in [0.3, 0.4) is 0 Å². The van der Waals surface area contributed by atoms with Gasteiger partial charge in [-0.1, -0.05) is 17.8 Å². The highest BCUT2D eigenvalue weighted by molar-refractivity contribution is 7.07. The van der Waals surface area contributed by atoms with Gasteiger partial charge in [0.2, 0.25) is 0 Å². The van der Waals surface area contributed by atoms with E-state index in [2.05, 4.69) is 16.5 Å². The molecule has 0 aliphatic carbocycles. The summed E-state index contributed by atoms with van der Waals surface area (Å²) in [6.07, 6.45) is 3.26. The number of amides is 1. The second-order valence-electron chi connectivity index (χ2n) is 4.87. The topological polar surface area (TPSA) is 72.1 Å². The van der Waals surface area contributed by atoms with Gasteiger partial charge < -0.3 is 10.6 Å². The van der Waals surface area contributed by atoms with E-state index in [1.54, 1.807) is 0 Å². The van der Waals surface area contributed by atoms with Crippen molar-refractivity contribution in [2.45, 2.75) is 39.2 Å². The Morgan fingerprint density at radius 1 is 1.61 bits per heavy atom. The lowest BCUT2D eigenvalue weighted by molar-refractivity contribution is 0.0562. The Bertz CT molecular complexity index is 420. The van der Waals surface area contributed by atoms with Gasteiger partial charge >= 0.3 is 0 Å². The number of piperidine rings is 1. The average molecular weight is 268 g/mol. The summed E-state index contributed by atoms with van der Waals surface area (Å²) in [5, 5.41) is 3.90. The predicted octanol–water partition coefficient (Wildman–Crippen LogP) is 1.44. The molecular formula is C12H20N4OS. The molecule has 0 bridgehead atoms. The summed E-state index contributed by atoms with van der Waals surface area (Å²) in [6, 6.07) is 0.165. The van der Waals surface area contributed by atoms with Gasteiger partial charge in [0.25, 0.3) is 5.91 Å². The summed E-state index contributed by atoms with van der Waals surface area (Å²) < 4.78 is 3.83. The summed E-state index contributed by atoms with van der Waals surface area (Å²) in [5.74, 6) is 0.746. The molecule has 2 unspecified atom stereocenters. The lowest BCUT2D eigenvalue weighted by Gasteiger charge is -2.38. The molecule has 1 amide bonds. The van der Waals surface area contributed by atoms with E-state index in [4.69, 9.17) is 5.73 Å². The maximum absolute atomic E-state index is 12.4. The van der Waals surface area contributed by atoms with Gasteiger partial charge in [0, 0.05) is 19.1 Å². The molecule has 1 aromatic rings. The van der Waals surface area contributed by atoms with Crippen LogP contribution in [0.1, 0.15) is 41.6 Å². The van der Waals surface area contributed by atoms with Crippen LogP contribution in [0.5, 0.6) is 0 Å². The molecule has 0 spiro atoms. The molecule has 0 aromatic carbocycles. The Kier molecular flexibility index (Phi) is 4.29. The Hall–Kier alpha value is -1.01. The van der Waals surface area contributed by atoms with Crippen molar-refractivity contribution in [2.24, 2.45) is 11.7 Å². The number of aryl methyl sites for hydroxylation is 1. The number of likely N-dealkylation sites (tertiary alicyclic amines) is 1. The molecule has 2 N–H and O–H groups in total. The summed E-state index contributed by atoms with van der Waals surface area (Å²) in [4.78, 5) is 15.0. The zero-order valence-corrected chi connectivity index (χ0v) is 11.7. The third-order valence-electron chi connectivity index (χ3n) is 3.78. The number of rotatable bonds is 3. The lowest BCUT2D eigenvalue weighted by Crippen LogP contribution is -2.49. The summed E-state index contributed by atoms with van der Waals surface area (Å²) in [5.41, 5.74) is 6.54. The molecule has 2 rings (SSSR count). The molecule has 100 valence electrons. The van der Waals surface area contributed by atoms with Crippen LogP contribution < -0.4 is 5.73 Å². The molecule has 6 heteroatoms. The van der Waals surface area contributed by atoms with Crippen LogP contribution in [0.25, 0.3) is 0 Å². The zero-order chi connectivity index (χ0) is 13.1. The average Bonchev–Trinajstić information content (AvgIpc) is 2.83. The molecule has 2 atom stereocenters. The standard InChI is InChI=1S/C12H20N4OS/c1-3-9-4-5-16(10(6-9)7-13)12(17)11-8(2)14-15-18-11/h9-10H,3-7,13H2,1-2H3. The highest BCUT2D eigenvalue weighted by Crippen LogP contribution is 2.27. The molecule has 0 radical (unpaired) electrons. The Labute approximate surface area is 112 Å². The van der Waals surface area contributed by atoms with Crippen molar-refractivity contribution in [1.82, 2.24) is 14.5 Å². The predicted molar refractivity (Wildman–Crippen MR) is 71.5 cm³/mol. The number of aromatic nitrogens is 2. The first-order valence-corrected chi connectivity index (χ1v) is 7.24. The van der Waals surface area contributed by atoms with Gasteiger partial charge in [-0.2, -0.15) is 0 Å². The van der Waals surface area contributed by atoms with Crippen molar-refractivity contribution >= 4 is 17.4 Å². The summed E-state index contributed by atoms with van der Waals surface area (Å²) >= 11 is 1.18. The highest BCUT2D eigenvalue weighted by atomic mass is 32.1. The summed E-state index contributed by atoms with van der Waals surface area (Å²) in [7, 11) is 0. The van der Waals surface area contributed by atoms with Gasteiger partial charge in [0.15, 0.2) is 0 Å². The van der Waals surface area contributed by atoms with Gasteiger partial charge in [0.1, 0.15) is 4.88 Å². The van der Waals surface area contributed by atoms with Gasteiger partial charge in [0.05, 0.1) is 5.69 Å². The van der Waals surface area contributed by atoms with Gasteiger partial charge in [-0.05, 0) is 37.2 Å². The monoisotopic (exact) mass is 268 g/mol. The minimum absolute atomic E-state index is 0.0486. The number of carbonyl (C=O) groups excluding carboxylic acids is 1. The van der Waals surface area contributed by atoms with E-state index in [1.807, 2.05) is 11.8 Å². The molecule has 5 nitrogen and oxygen atoms in total. The van der Waals surface area contributed by atoms with Gasteiger partial charge in [-0.3, -0.25) is 4.79 Å². The minimum Gasteiger partial charge on any atom is -0.334 e. The van der Waals surface area contributed by atoms with E-state index in [1.165, 1.54) is 18.0 Å². The molecule has 1 saturated heterocycles. The fraction of sp³-hybridized carbons (Fsp3) is 0.750. The Morgan fingerprint density at radius 3 is 2.94 bits per heavy atom. The van der Waals surface area contributed by atoms with Crippen molar-refractivity contribution in [3.05, 3.63) is 10.6 Å². The molecule has 1 aliphatic rings. The zero-order valence-electron chi connectivity index (χ0n) is 10.9.